The highest BCUT2D eigenvalue weighted by molar-refractivity contribution is 5.88. The van der Waals surface area contributed by atoms with Crippen molar-refractivity contribution >= 4 is 5.78 Å². The molecule has 0 bridgehead atoms. The second-order valence-corrected chi connectivity index (χ2v) is 10.1. The summed E-state index contributed by atoms with van der Waals surface area (Å²) in [7, 11) is 0. The average molecular weight is 397 g/mol. The fraction of sp³-hybridized carbons (Fsp3) is 0.750. The van der Waals surface area contributed by atoms with Gasteiger partial charge in [-0.25, -0.2) is 0 Å². The average Bonchev–Trinajstić information content (AvgIpc) is 2.77. The van der Waals surface area contributed by atoms with Crippen molar-refractivity contribution in [3.63, 3.8) is 0 Å². The van der Waals surface area contributed by atoms with Crippen LogP contribution in [0.15, 0.2) is 30.3 Å². The van der Waals surface area contributed by atoms with E-state index in [1.165, 1.54) is 82.6 Å². The third kappa shape index (κ3) is 6.43. The van der Waals surface area contributed by atoms with Crippen LogP contribution < -0.4 is 0 Å². The molecule has 162 valence electrons. The Kier molecular flexibility index (Phi) is 9.28. The molecule has 0 amide bonds. The fourth-order valence-corrected chi connectivity index (χ4v) is 6.22. The van der Waals surface area contributed by atoms with E-state index in [1.54, 1.807) is 0 Å². The Hall–Kier alpha value is -1.11. The Morgan fingerprint density at radius 3 is 2.03 bits per heavy atom. The quantitative estimate of drug-likeness (QED) is 0.363. The first-order valence-corrected chi connectivity index (χ1v) is 12.8. The number of Topliss-reactive ketones (excluding diaryl/α,β-unsaturated/α-hetero) is 1. The molecule has 2 aliphatic rings. The summed E-state index contributed by atoms with van der Waals surface area (Å²) in [6.07, 6.45) is 18.2. The van der Waals surface area contributed by atoms with E-state index in [2.05, 4.69) is 44.2 Å². The van der Waals surface area contributed by atoms with E-state index in [-0.39, 0.29) is 5.92 Å². The molecule has 3 rings (SSSR count). The van der Waals surface area contributed by atoms with Crippen LogP contribution in [-0.2, 0) is 4.79 Å². The lowest BCUT2D eigenvalue weighted by Gasteiger charge is -2.36. The van der Waals surface area contributed by atoms with Gasteiger partial charge in [0.05, 0.1) is 0 Å². The predicted octanol–water partition coefficient (Wildman–Crippen LogP) is 8.33. The van der Waals surface area contributed by atoms with Gasteiger partial charge in [0.1, 0.15) is 5.78 Å². The topological polar surface area (TPSA) is 17.1 Å². The molecule has 2 aliphatic carbocycles. The first-order chi connectivity index (χ1) is 14.2. The van der Waals surface area contributed by atoms with Crippen molar-refractivity contribution < 1.29 is 4.79 Å². The summed E-state index contributed by atoms with van der Waals surface area (Å²) in [5.41, 5.74) is 1.29. The van der Waals surface area contributed by atoms with E-state index in [1.807, 2.05) is 0 Å². The Morgan fingerprint density at radius 1 is 0.793 bits per heavy atom. The number of ketones is 1. The second kappa shape index (κ2) is 11.9. The molecule has 0 saturated heterocycles. The van der Waals surface area contributed by atoms with Crippen molar-refractivity contribution in [3.8, 4) is 0 Å². The molecule has 0 spiro atoms. The molecule has 1 unspecified atom stereocenters. The standard InChI is InChI=1S/C28H44O/c1-3-5-7-11-23-16-20-26(21-17-23)28(29)27(24-12-8-6-9-13-24)25-18-14-22(10-4-2)15-19-25/h6,8-9,12-13,22-23,25-27H,3-5,7,10-11,14-21H2,1-2H3/t22-,23?,25-,26?,27?. The predicted molar refractivity (Wildman–Crippen MR) is 124 cm³/mol. The molecule has 0 aromatic heterocycles. The highest BCUT2D eigenvalue weighted by Gasteiger charge is 2.37. The molecule has 29 heavy (non-hydrogen) atoms. The number of carbonyl (C=O) groups excluding carboxylic acids is 1. The summed E-state index contributed by atoms with van der Waals surface area (Å²) >= 11 is 0. The van der Waals surface area contributed by atoms with Crippen LogP contribution in [0, 0.1) is 23.7 Å². The van der Waals surface area contributed by atoms with E-state index >= 15 is 0 Å². The number of rotatable bonds is 10. The van der Waals surface area contributed by atoms with Gasteiger partial charge in [-0.1, -0.05) is 95.5 Å². The van der Waals surface area contributed by atoms with Gasteiger partial charge in [0, 0.05) is 11.8 Å². The minimum absolute atomic E-state index is 0.153. The maximum Gasteiger partial charge on any atom is 0.143 e. The molecule has 2 saturated carbocycles. The minimum Gasteiger partial charge on any atom is -0.299 e. The van der Waals surface area contributed by atoms with Crippen LogP contribution in [0.4, 0.5) is 0 Å². The smallest absolute Gasteiger partial charge is 0.143 e. The molecule has 0 N–H and O–H groups in total. The number of benzene rings is 1. The highest BCUT2D eigenvalue weighted by Crippen LogP contribution is 2.43. The number of hydrogen-bond acceptors (Lipinski definition) is 1. The molecule has 2 fully saturated rings. The molecule has 1 aromatic rings. The van der Waals surface area contributed by atoms with Crippen molar-refractivity contribution in [2.24, 2.45) is 23.7 Å². The van der Waals surface area contributed by atoms with Gasteiger partial charge in [-0.3, -0.25) is 4.79 Å². The fourth-order valence-electron chi connectivity index (χ4n) is 6.22. The summed E-state index contributed by atoms with van der Waals surface area (Å²) in [5, 5.41) is 0. The molecule has 0 heterocycles. The van der Waals surface area contributed by atoms with Crippen LogP contribution in [0.1, 0.15) is 115 Å². The van der Waals surface area contributed by atoms with Gasteiger partial charge in [-0.15, -0.1) is 0 Å². The van der Waals surface area contributed by atoms with Crippen LogP contribution in [-0.4, -0.2) is 5.78 Å². The molecular weight excluding hydrogens is 352 g/mol. The van der Waals surface area contributed by atoms with Gasteiger partial charge in [0.15, 0.2) is 0 Å². The van der Waals surface area contributed by atoms with Crippen molar-refractivity contribution in [3.05, 3.63) is 35.9 Å². The molecule has 0 aliphatic heterocycles. The van der Waals surface area contributed by atoms with Gasteiger partial charge in [0.25, 0.3) is 0 Å². The van der Waals surface area contributed by atoms with Crippen molar-refractivity contribution in [2.75, 3.05) is 0 Å². The Balaban J connectivity index is 1.62. The van der Waals surface area contributed by atoms with Crippen LogP contribution >= 0.6 is 0 Å². The number of hydrogen-bond donors (Lipinski definition) is 0. The zero-order valence-electron chi connectivity index (χ0n) is 19.1. The van der Waals surface area contributed by atoms with Gasteiger partial charge in [-0.05, 0) is 61.8 Å². The van der Waals surface area contributed by atoms with Crippen LogP contribution in [0.25, 0.3) is 0 Å². The Labute approximate surface area is 180 Å². The summed E-state index contributed by atoms with van der Waals surface area (Å²) in [4.78, 5) is 13.8. The normalized spacial score (nSPS) is 28.8. The Morgan fingerprint density at radius 2 is 1.41 bits per heavy atom. The molecule has 0 radical (unpaired) electrons. The maximum atomic E-state index is 13.8. The number of unbranched alkanes of at least 4 members (excludes halogenated alkanes) is 2. The maximum absolute atomic E-state index is 13.8. The van der Waals surface area contributed by atoms with Gasteiger partial charge >= 0.3 is 0 Å². The lowest BCUT2D eigenvalue weighted by atomic mass is 9.67. The van der Waals surface area contributed by atoms with E-state index < -0.39 is 0 Å². The monoisotopic (exact) mass is 396 g/mol. The van der Waals surface area contributed by atoms with E-state index in [0.29, 0.717) is 17.6 Å². The largest absolute Gasteiger partial charge is 0.299 e. The van der Waals surface area contributed by atoms with E-state index in [9.17, 15) is 4.79 Å². The van der Waals surface area contributed by atoms with Crippen LogP contribution in [0.5, 0.6) is 0 Å². The van der Waals surface area contributed by atoms with Gasteiger partial charge < -0.3 is 0 Å². The molecular formula is C28H44O. The third-order valence-corrected chi connectivity index (χ3v) is 7.99. The second-order valence-electron chi connectivity index (χ2n) is 10.1. The summed E-state index contributed by atoms with van der Waals surface area (Å²) in [5.74, 6) is 3.41. The molecule has 1 heteroatoms. The van der Waals surface area contributed by atoms with Crippen LogP contribution in [0.3, 0.4) is 0 Å². The minimum atomic E-state index is 0.153. The van der Waals surface area contributed by atoms with Crippen LogP contribution in [0.2, 0.25) is 0 Å². The Bertz CT molecular complexity index is 576. The SMILES string of the molecule is CCCCCC1CCC(C(=O)C(c2ccccc2)[C@H]2CC[C@H](CCC)CC2)CC1. The first-order valence-electron chi connectivity index (χ1n) is 12.8. The molecule has 1 atom stereocenters. The summed E-state index contributed by atoms with van der Waals surface area (Å²) in [6.45, 7) is 4.59. The summed E-state index contributed by atoms with van der Waals surface area (Å²) in [6, 6.07) is 10.8. The van der Waals surface area contributed by atoms with Gasteiger partial charge in [0.2, 0.25) is 0 Å². The number of carbonyl (C=O) groups is 1. The first kappa shape index (κ1) is 22.6. The summed E-state index contributed by atoms with van der Waals surface area (Å²) < 4.78 is 0. The van der Waals surface area contributed by atoms with Crippen molar-refractivity contribution in [2.45, 2.75) is 110 Å². The zero-order valence-corrected chi connectivity index (χ0v) is 19.1. The zero-order chi connectivity index (χ0) is 20.5. The highest BCUT2D eigenvalue weighted by atomic mass is 16.1. The third-order valence-electron chi connectivity index (χ3n) is 7.99. The van der Waals surface area contributed by atoms with Crippen molar-refractivity contribution in [1.29, 1.82) is 0 Å². The lowest BCUT2D eigenvalue weighted by Crippen LogP contribution is -2.32. The molecule has 1 nitrogen and oxygen atoms in total. The van der Waals surface area contributed by atoms with Crippen molar-refractivity contribution in [1.82, 2.24) is 0 Å². The van der Waals surface area contributed by atoms with E-state index in [4.69, 9.17) is 0 Å². The lowest BCUT2D eigenvalue weighted by molar-refractivity contribution is -0.127. The van der Waals surface area contributed by atoms with Gasteiger partial charge in [-0.2, -0.15) is 0 Å². The van der Waals surface area contributed by atoms with E-state index in [0.717, 1.165) is 24.7 Å². The molecule has 1 aromatic carbocycles.